The Morgan fingerprint density at radius 2 is 2.09 bits per heavy atom. The number of aromatic amines is 1. The second-order valence-corrected chi connectivity index (χ2v) is 5.14. The van der Waals surface area contributed by atoms with Crippen LogP contribution in [-0.2, 0) is 6.54 Å². The minimum atomic E-state index is -0.145. The predicted octanol–water partition coefficient (Wildman–Crippen LogP) is 2.95. The van der Waals surface area contributed by atoms with Crippen LogP contribution in [0.4, 0.5) is 0 Å². The zero-order valence-corrected chi connectivity index (χ0v) is 12.9. The van der Waals surface area contributed by atoms with Gasteiger partial charge in [-0.05, 0) is 42.5 Å². The number of furan rings is 1. The highest BCUT2D eigenvalue weighted by molar-refractivity contribution is 5.93. The van der Waals surface area contributed by atoms with Gasteiger partial charge in [0.15, 0.2) is 0 Å². The Kier molecular flexibility index (Phi) is 4.14. The first kappa shape index (κ1) is 14.9. The van der Waals surface area contributed by atoms with E-state index in [0.29, 0.717) is 17.9 Å². The topological polar surface area (TPSA) is 71.4 Å². The van der Waals surface area contributed by atoms with E-state index in [4.69, 9.17) is 9.15 Å². The lowest BCUT2D eigenvalue weighted by Gasteiger charge is -2.14. The lowest BCUT2D eigenvalue weighted by molar-refractivity contribution is 0.0769. The Morgan fingerprint density at radius 3 is 2.74 bits per heavy atom. The molecule has 6 heteroatoms. The maximum absolute atomic E-state index is 12.4. The second-order valence-electron chi connectivity index (χ2n) is 5.14. The van der Waals surface area contributed by atoms with Gasteiger partial charge in [0.2, 0.25) is 0 Å². The number of carbonyl (C=O) groups excluding carboxylic acids is 1. The lowest BCUT2D eigenvalue weighted by atomic mass is 10.1. The van der Waals surface area contributed by atoms with Crippen LogP contribution in [0.25, 0.3) is 11.3 Å². The molecule has 1 N–H and O–H groups in total. The molecule has 3 aromatic rings. The fourth-order valence-electron chi connectivity index (χ4n) is 2.25. The molecule has 0 saturated carbocycles. The zero-order chi connectivity index (χ0) is 16.2. The van der Waals surface area contributed by atoms with Crippen LogP contribution >= 0.6 is 0 Å². The monoisotopic (exact) mass is 311 g/mol. The summed E-state index contributed by atoms with van der Waals surface area (Å²) in [7, 11) is 3.34. The van der Waals surface area contributed by atoms with E-state index in [1.54, 1.807) is 37.5 Å². The number of methoxy groups -OCH3 is 1. The molecule has 0 aliphatic carbocycles. The number of amides is 1. The van der Waals surface area contributed by atoms with Crippen LogP contribution in [0.2, 0.25) is 0 Å². The Balaban J connectivity index is 1.73. The van der Waals surface area contributed by atoms with Crippen molar-refractivity contribution in [2.45, 2.75) is 6.54 Å². The molecule has 0 radical (unpaired) electrons. The van der Waals surface area contributed by atoms with Crippen molar-refractivity contribution in [3.8, 4) is 17.0 Å². The molecule has 118 valence electrons. The number of H-pyrrole nitrogens is 1. The van der Waals surface area contributed by atoms with Crippen molar-refractivity contribution < 1.29 is 13.9 Å². The van der Waals surface area contributed by atoms with E-state index in [1.165, 1.54) is 0 Å². The van der Waals surface area contributed by atoms with Gasteiger partial charge in [-0.3, -0.25) is 9.89 Å². The summed E-state index contributed by atoms with van der Waals surface area (Å²) in [5.41, 5.74) is 2.06. The summed E-state index contributed by atoms with van der Waals surface area (Å²) in [4.78, 5) is 14.0. The minimum absolute atomic E-state index is 0.145. The quantitative estimate of drug-likeness (QED) is 0.786. The number of ether oxygens (including phenoxy) is 1. The smallest absolute Gasteiger partial charge is 0.272 e. The number of nitrogens with zero attached hydrogens (tertiary/aromatic N) is 2. The molecule has 0 fully saturated rings. The van der Waals surface area contributed by atoms with Crippen LogP contribution in [0.5, 0.6) is 5.75 Å². The van der Waals surface area contributed by atoms with Crippen LogP contribution in [0.1, 0.15) is 16.2 Å². The molecule has 0 saturated heterocycles. The molecule has 0 aliphatic heterocycles. The summed E-state index contributed by atoms with van der Waals surface area (Å²) in [5, 5.41) is 7.00. The van der Waals surface area contributed by atoms with Gasteiger partial charge in [-0.15, -0.1) is 0 Å². The first-order valence-electron chi connectivity index (χ1n) is 7.15. The molecule has 1 aromatic carbocycles. The van der Waals surface area contributed by atoms with Crippen LogP contribution in [0.3, 0.4) is 0 Å². The van der Waals surface area contributed by atoms with E-state index in [9.17, 15) is 4.79 Å². The van der Waals surface area contributed by atoms with E-state index < -0.39 is 0 Å². The van der Waals surface area contributed by atoms with Crippen LogP contribution in [0.15, 0.2) is 53.1 Å². The average molecular weight is 311 g/mol. The van der Waals surface area contributed by atoms with Gasteiger partial charge in [-0.1, -0.05) is 0 Å². The van der Waals surface area contributed by atoms with Crippen molar-refractivity contribution in [3.63, 3.8) is 0 Å². The van der Waals surface area contributed by atoms with Crippen molar-refractivity contribution in [2.24, 2.45) is 0 Å². The summed E-state index contributed by atoms with van der Waals surface area (Å²) in [5.74, 6) is 1.36. The fraction of sp³-hybridized carbons (Fsp3) is 0.176. The molecule has 0 bridgehead atoms. The number of carbonyl (C=O) groups is 1. The molecule has 1 amide bonds. The number of hydrogen-bond acceptors (Lipinski definition) is 4. The minimum Gasteiger partial charge on any atom is -0.497 e. The van der Waals surface area contributed by atoms with Crippen molar-refractivity contribution in [1.82, 2.24) is 15.1 Å². The highest BCUT2D eigenvalue weighted by Gasteiger charge is 2.16. The van der Waals surface area contributed by atoms with Crippen LogP contribution in [0, 0.1) is 0 Å². The molecule has 0 atom stereocenters. The third kappa shape index (κ3) is 3.26. The number of hydrogen-bond donors (Lipinski definition) is 1. The van der Waals surface area contributed by atoms with Gasteiger partial charge in [-0.2, -0.15) is 5.10 Å². The SMILES string of the molecule is COc1ccc(-c2cc(C(=O)N(C)Cc3ccco3)[nH]n2)cc1. The van der Waals surface area contributed by atoms with Gasteiger partial charge in [0, 0.05) is 12.6 Å². The first-order valence-corrected chi connectivity index (χ1v) is 7.15. The number of aromatic nitrogens is 2. The molecule has 0 aliphatic rings. The van der Waals surface area contributed by atoms with Gasteiger partial charge in [0.1, 0.15) is 17.2 Å². The van der Waals surface area contributed by atoms with Gasteiger partial charge in [0.05, 0.1) is 25.6 Å². The predicted molar refractivity (Wildman–Crippen MR) is 85.1 cm³/mol. The molecular formula is C17H17N3O3. The summed E-state index contributed by atoms with van der Waals surface area (Å²) in [6.07, 6.45) is 1.59. The Bertz CT molecular complexity index is 776. The number of rotatable bonds is 5. The summed E-state index contributed by atoms with van der Waals surface area (Å²) in [6.45, 7) is 0.405. The van der Waals surface area contributed by atoms with Crippen LogP contribution < -0.4 is 4.74 Å². The zero-order valence-electron chi connectivity index (χ0n) is 12.9. The van der Waals surface area contributed by atoms with Crippen molar-refractivity contribution in [1.29, 1.82) is 0 Å². The van der Waals surface area contributed by atoms with E-state index in [2.05, 4.69) is 10.2 Å². The largest absolute Gasteiger partial charge is 0.497 e. The molecule has 23 heavy (non-hydrogen) atoms. The fourth-order valence-corrected chi connectivity index (χ4v) is 2.25. The average Bonchev–Trinajstić information content (AvgIpc) is 3.26. The third-order valence-electron chi connectivity index (χ3n) is 3.51. The van der Waals surface area contributed by atoms with E-state index >= 15 is 0 Å². The maximum Gasteiger partial charge on any atom is 0.272 e. The highest BCUT2D eigenvalue weighted by Crippen LogP contribution is 2.21. The Hall–Kier alpha value is -3.02. The van der Waals surface area contributed by atoms with Crippen molar-refractivity contribution in [2.75, 3.05) is 14.2 Å². The molecule has 2 heterocycles. The van der Waals surface area contributed by atoms with Gasteiger partial charge in [0.25, 0.3) is 5.91 Å². The third-order valence-corrected chi connectivity index (χ3v) is 3.51. The van der Waals surface area contributed by atoms with Crippen molar-refractivity contribution >= 4 is 5.91 Å². The number of nitrogens with one attached hydrogen (secondary N) is 1. The molecule has 0 unspecified atom stereocenters. The molecule has 3 rings (SSSR count). The normalized spacial score (nSPS) is 10.5. The molecule has 0 spiro atoms. The summed E-state index contributed by atoms with van der Waals surface area (Å²) < 4.78 is 10.4. The first-order chi connectivity index (χ1) is 11.2. The van der Waals surface area contributed by atoms with Gasteiger partial charge < -0.3 is 14.1 Å². The van der Waals surface area contributed by atoms with E-state index in [-0.39, 0.29) is 5.91 Å². The summed E-state index contributed by atoms with van der Waals surface area (Å²) >= 11 is 0. The lowest BCUT2D eigenvalue weighted by Crippen LogP contribution is -2.26. The Labute approximate surface area is 133 Å². The highest BCUT2D eigenvalue weighted by atomic mass is 16.5. The van der Waals surface area contributed by atoms with Gasteiger partial charge >= 0.3 is 0 Å². The second kappa shape index (κ2) is 6.39. The number of benzene rings is 1. The Morgan fingerprint density at radius 1 is 1.30 bits per heavy atom. The van der Waals surface area contributed by atoms with Gasteiger partial charge in [-0.25, -0.2) is 0 Å². The van der Waals surface area contributed by atoms with Crippen molar-refractivity contribution in [3.05, 3.63) is 60.2 Å². The molecule has 2 aromatic heterocycles. The van der Waals surface area contributed by atoms with E-state index in [1.807, 2.05) is 30.3 Å². The van der Waals surface area contributed by atoms with E-state index in [0.717, 1.165) is 17.1 Å². The van der Waals surface area contributed by atoms with Crippen LogP contribution in [-0.4, -0.2) is 35.2 Å². The standard InChI is InChI=1S/C17H17N3O3/c1-20(11-14-4-3-9-23-14)17(21)16-10-15(18-19-16)12-5-7-13(22-2)8-6-12/h3-10H,11H2,1-2H3,(H,18,19). The maximum atomic E-state index is 12.4. The summed E-state index contributed by atoms with van der Waals surface area (Å²) in [6, 6.07) is 12.9. The molecular weight excluding hydrogens is 294 g/mol. The molecule has 6 nitrogen and oxygen atoms in total.